The molecular formula is C23H27NO5. The van der Waals surface area contributed by atoms with Gasteiger partial charge in [0.05, 0.1) is 13.7 Å². The van der Waals surface area contributed by atoms with Crippen LogP contribution < -0.4 is 14.8 Å². The van der Waals surface area contributed by atoms with Crippen LogP contribution in [0.5, 0.6) is 11.5 Å². The number of nitrogens with one attached hydrogen (secondary N) is 1. The topological polar surface area (TPSA) is 73.9 Å². The van der Waals surface area contributed by atoms with E-state index in [1.54, 1.807) is 31.4 Å². The lowest BCUT2D eigenvalue weighted by Crippen LogP contribution is -2.29. The normalized spacial score (nSPS) is 11.8. The van der Waals surface area contributed by atoms with Gasteiger partial charge in [-0.3, -0.25) is 4.79 Å². The molecule has 0 aliphatic carbocycles. The molecule has 0 heterocycles. The number of amides is 1. The van der Waals surface area contributed by atoms with Crippen LogP contribution in [0.3, 0.4) is 0 Å². The smallest absolute Gasteiger partial charge is 0.331 e. The molecule has 2 rings (SSSR count). The second kappa shape index (κ2) is 10.3. The summed E-state index contributed by atoms with van der Waals surface area (Å²) in [5.74, 6) is 0.208. The van der Waals surface area contributed by atoms with Crippen LogP contribution >= 0.6 is 0 Å². The molecule has 0 aliphatic heterocycles. The molecule has 0 fully saturated rings. The first-order chi connectivity index (χ1) is 13.8. The lowest BCUT2D eigenvalue weighted by atomic mass is 10.1. The number of anilines is 1. The summed E-state index contributed by atoms with van der Waals surface area (Å²) >= 11 is 0. The van der Waals surface area contributed by atoms with Crippen molar-refractivity contribution in [3.63, 3.8) is 0 Å². The Balaban J connectivity index is 1.97. The fourth-order valence-electron chi connectivity index (χ4n) is 2.60. The Labute approximate surface area is 171 Å². The van der Waals surface area contributed by atoms with Crippen LogP contribution in [-0.2, 0) is 14.3 Å². The van der Waals surface area contributed by atoms with Crippen molar-refractivity contribution in [2.24, 2.45) is 0 Å². The molecule has 154 valence electrons. The molecule has 0 aliphatic rings. The van der Waals surface area contributed by atoms with Gasteiger partial charge in [0.25, 0.3) is 5.91 Å². The summed E-state index contributed by atoms with van der Waals surface area (Å²) < 4.78 is 16.0. The van der Waals surface area contributed by atoms with Crippen LogP contribution in [0.15, 0.2) is 42.5 Å². The number of hydrogen-bond acceptors (Lipinski definition) is 5. The molecule has 0 saturated carbocycles. The number of hydrogen-bond donors (Lipinski definition) is 1. The summed E-state index contributed by atoms with van der Waals surface area (Å²) in [4.78, 5) is 24.4. The molecule has 0 spiro atoms. The van der Waals surface area contributed by atoms with E-state index in [1.807, 2.05) is 39.0 Å². The van der Waals surface area contributed by atoms with Gasteiger partial charge >= 0.3 is 5.97 Å². The average molecular weight is 397 g/mol. The van der Waals surface area contributed by atoms with E-state index in [1.165, 1.54) is 13.0 Å². The zero-order valence-corrected chi connectivity index (χ0v) is 17.4. The predicted molar refractivity (Wildman–Crippen MR) is 113 cm³/mol. The minimum Gasteiger partial charge on any atom is -0.493 e. The Hall–Kier alpha value is -3.28. The van der Waals surface area contributed by atoms with Crippen molar-refractivity contribution in [3.05, 3.63) is 59.2 Å². The Morgan fingerprint density at radius 2 is 1.86 bits per heavy atom. The van der Waals surface area contributed by atoms with Crippen molar-refractivity contribution in [2.45, 2.75) is 33.8 Å². The highest BCUT2D eigenvalue weighted by Gasteiger charge is 2.17. The maximum atomic E-state index is 12.3. The molecule has 1 amide bonds. The van der Waals surface area contributed by atoms with E-state index < -0.39 is 12.1 Å². The van der Waals surface area contributed by atoms with Crippen LogP contribution in [0.25, 0.3) is 6.08 Å². The quantitative estimate of drug-likeness (QED) is 0.531. The standard InChI is InChI=1S/C23H27NO5/c1-6-28-20-11-9-18(14-21(20)27-5)10-12-22(25)29-17(4)23(26)24-19-13-15(2)7-8-16(19)3/h7-14,17H,6H2,1-5H3,(H,24,26)/b12-10+. The number of rotatable bonds is 8. The van der Waals surface area contributed by atoms with E-state index in [9.17, 15) is 9.59 Å². The molecule has 0 bridgehead atoms. The summed E-state index contributed by atoms with van der Waals surface area (Å²) in [6.45, 7) is 7.80. The highest BCUT2D eigenvalue weighted by atomic mass is 16.5. The lowest BCUT2D eigenvalue weighted by molar-refractivity contribution is -0.148. The monoisotopic (exact) mass is 397 g/mol. The van der Waals surface area contributed by atoms with Crippen molar-refractivity contribution in [1.29, 1.82) is 0 Å². The van der Waals surface area contributed by atoms with Crippen LogP contribution in [0.4, 0.5) is 5.69 Å². The third-order valence-corrected chi connectivity index (χ3v) is 4.21. The van der Waals surface area contributed by atoms with E-state index in [2.05, 4.69) is 5.32 Å². The van der Waals surface area contributed by atoms with Gasteiger partial charge in [-0.1, -0.05) is 18.2 Å². The van der Waals surface area contributed by atoms with Crippen LogP contribution in [0.2, 0.25) is 0 Å². The van der Waals surface area contributed by atoms with Gasteiger partial charge < -0.3 is 19.5 Å². The molecule has 2 aromatic carbocycles. The Morgan fingerprint density at radius 3 is 2.55 bits per heavy atom. The first-order valence-electron chi connectivity index (χ1n) is 9.41. The number of ether oxygens (including phenoxy) is 3. The SMILES string of the molecule is CCOc1ccc(/C=C/C(=O)OC(C)C(=O)Nc2cc(C)ccc2C)cc1OC. The highest BCUT2D eigenvalue weighted by Crippen LogP contribution is 2.28. The van der Waals surface area contributed by atoms with E-state index in [4.69, 9.17) is 14.2 Å². The molecule has 2 aromatic rings. The molecule has 0 saturated heterocycles. The van der Waals surface area contributed by atoms with Crippen molar-refractivity contribution in [2.75, 3.05) is 19.0 Å². The molecule has 6 heteroatoms. The minimum absolute atomic E-state index is 0.386. The van der Waals surface area contributed by atoms with Crippen LogP contribution in [0.1, 0.15) is 30.5 Å². The number of carbonyl (C=O) groups excluding carboxylic acids is 2. The first kappa shape index (κ1) is 22.0. The van der Waals surface area contributed by atoms with E-state index >= 15 is 0 Å². The number of methoxy groups -OCH3 is 1. The number of esters is 1. The maximum Gasteiger partial charge on any atom is 0.331 e. The molecule has 0 radical (unpaired) electrons. The van der Waals surface area contributed by atoms with E-state index in [0.29, 0.717) is 23.8 Å². The van der Waals surface area contributed by atoms with Crippen LogP contribution in [0, 0.1) is 13.8 Å². The van der Waals surface area contributed by atoms with Crippen molar-refractivity contribution >= 4 is 23.6 Å². The summed E-state index contributed by atoms with van der Waals surface area (Å²) in [5.41, 5.74) is 3.42. The summed E-state index contributed by atoms with van der Waals surface area (Å²) in [6, 6.07) is 11.1. The minimum atomic E-state index is -0.929. The van der Waals surface area contributed by atoms with Gasteiger partial charge in [-0.2, -0.15) is 0 Å². The highest BCUT2D eigenvalue weighted by molar-refractivity contribution is 5.97. The molecule has 0 aromatic heterocycles. The van der Waals surface area contributed by atoms with Gasteiger partial charge in [0, 0.05) is 11.8 Å². The molecule has 6 nitrogen and oxygen atoms in total. The molecule has 1 atom stereocenters. The van der Waals surface area contributed by atoms with E-state index in [0.717, 1.165) is 16.7 Å². The fraction of sp³-hybridized carbons (Fsp3) is 0.304. The van der Waals surface area contributed by atoms with Gasteiger partial charge in [0.2, 0.25) is 0 Å². The molecule has 1 unspecified atom stereocenters. The predicted octanol–water partition coefficient (Wildman–Crippen LogP) is 4.29. The number of benzene rings is 2. The number of carbonyl (C=O) groups is 2. The first-order valence-corrected chi connectivity index (χ1v) is 9.41. The summed E-state index contributed by atoms with van der Waals surface area (Å²) in [6.07, 6.45) is 1.94. The molecule has 1 N–H and O–H groups in total. The summed E-state index contributed by atoms with van der Waals surface area (Å²) in [7, 11) is 1.55. The Kier molecular flexibility index (Phi) is 7.83. The van der Waals surface area contributed by atoms with Crippen molar-refractivity contribution in [1.82, 2.24) is 0 Å². The molecule has 29 heavy (non-hydrogen) atoms. The van der Waals surface area contributed by atoms with Crippen LogP contribution in [-0.4, -0.2) is 31.7 Å². The third kappa shape index (κ3) is 6.38. The second-order valence-corrected chi connectivity index (χ2v) is 6.56. The van der Waals surface area contributed by atoms with Crippen molar-refractivity contribution in [3.8, 4) is 11.5 Å². The fourth-order valence-corrected chi connectivity index (χ4v) is 2.60. The van der Waals surface area contributed by atoms with Gasteiger partial charge in [0.1, 0.15) is 0 Å². The maximum absolute atomic E-state index is 12.3. The average Bonchev–Trinajstić information content (AvgIpc) is 2.70. The van der Waals surface area contributed by atoms with Gasteiger partial charge in [-0.15, -0.1) is 0 Å². The second-order valence-electron chi connectivity index (χ2n) is 6.56. The lowest BCUT2D eigenvalue weighted by Gasteiger charge is -2.14. The van der Waals surface area contributed by atoms with Gasteiger partial charge in [-0.25, -0.2) is 4.79 Å². The Bertz CT molecular complexity index is 904. The third-order valence-electron chi connectivity index (χ3n) is 4.21. The largest absolute Gasteiger partial charge is 0.493 e. The van der Waals surface area contributed by atoms with Gasteiger partial charge in [-0.05, 0) is 68.7 Å². The van der Waals surface area contributed by atoms with Gasteiger partial charge in [0.15, 0.2) is 17.6 Å². The Morgan fingerprint density at radius 1 is 1.10 bits per heavy atom. The number of aryl methyl sites for hydroxylation is 2. The molecular weight excluding hydrogens is 370 g/mol. The zero-order valence-electron chi connectivity index (χ0n) is 17.4. The summed E-state index contributed by atoms with van der Waals surface area (Å²) in [5, 5.41) is 2.79. The van der Waals surface area contributed by atoms with Crippen molar-refractivity contribution < 1.29 is 23.8 Å². The van der Waals surface area contributed by atoms with E-state index in [-0.39, 0.29) is 5.91 Å². The zero-order chi connectivity index (χ0) is 21.4.